The summed E-state index contributed by atoms with van der Waals surface area (Å²) in [7, 11) is 1.62. The van der Waals surface area contributed by atoms with E-state index >= 15 is 0 Å². The van der Waals surface area contributed by atoms with Gasteiger partial charge in [0.25, 0.3) is 0 Å². The zero-order valence-corrected chi connectivity index (χ0v) is 16.1. The van der Waals surface area contributed by atoms with E-state index in [-0.39, 0.29) is 11.7 Å². The maximum atomic E-state index is 13.0. The van der Waals surface area contributed by atoms with Crippen LogP contribution in [0.25, 0.3) is 6.08 Å². The SMILES string of the molecule is COc1cccc(/C=C/C(=O)NCCN2CCN(c3ccc(F)cc3)CC2)c1. The molecule has 0 atom stereocenters. The summed E-state index contributed by atoms with van der Waals surface area (Å²) in [5, 5.41) is 2.92. The fraction of sp³-hybridized carbons (Fsp3) is 0.318. The van der Waals surface area contributed by atoms with Gasteiger partial charge in [0, 0.05) is 51.0 Å². The number of carbonyl (C=O) groups excluding carboxylic acids is 1. The molecule has 1 aliphatic rings. The Kier molecular flexibility index (Phi) is 7.03. The Morgan fingerprint density at radius 1 is 1.14 bits per heavy atom. The fourth-order valence-electron chi connectivity index (χ4n) is 3.19. The zero-order valence-electron chi connectivity index (χ0n) is 16.1. The molecule has 28 heavy (non-hydrogen) atoms. The molecule has 1 saturated heterocycles. The summed E-state index contributed by atoms with van der Waals surface area (Å²) < 4.78 is 18.2. The van der Waals surface area contributed by atoms with Crippen molar-refractivity contribution in [3.8, 4) is 5.75 Å². The topological polar surface area (TPSA) is 44.8 Å². The number of amides is 1. The summed E-state index contributed by atoms with van der Waals surface area (Å²) in [6.45, 7) is 5.07. The first-order valence-electron chi connectivity index (χ1n) is 9.47. The highest BCUT2D eigenvalue weighted by Crippen LogP contribution is 2.16. The maximum absolute atomic E-state index is 13.0. The van der Waals surface area contributed by atoms with Crippen LogP contribution in [0, 0.1) is 5.82 Å². The Hall–Kier alpha value is -2.86. The van der Waals surface area contributed by atoms with Gasteiger partial charge >= 0.3 is 0 Å². The second-order valence-electron chi connectivity index (χ2n) is 6.71. The van der Waals surface area contributed by atoms with Gasteiger partial charge < -0.3 is 15.0 Å². The standard InChI is InChI=1S/C22H26FN3O2/c1-28-21-4-2-3-18(17-21)5-10-22(27)24-11-12-25-13-15-26(16-14-25)20-8-6-19(23)7-9-20/h2-10,17H,11-16H2,1H3,(H,24,27)/b10-5+. The van der Waals surface area contributed by atoms with Crippen molar-refractivity contribution in [2.24, 2.45) is 0 Å². The Morgan fingerprint density at radius 2 is 1.89 bits per heavy atom. The fourth-order valence-corrected chi connectivity index (χ4v) is 3.19. The monoisotopic (exact) mass is 383 g/mol. The van der Waals surface area contributed by atoms with Crippen molar-refractivity contribution in [2.45, 2.75) is 0 Å². The molecule has 1 aliphatic heterocycles. The highest BCUT2D eigenvalue weighted by Gasteiger charge is 2.16. The van der Waals surface area contributed by atoms with Gasteiger partial charge in [0.05, 0.1) is 7.11 Å². The lowest BCUT2D eigenvalue weighted by atomic mass is 10.2. The molecular weight excluding hydrogens is 357 g/mol. The maximum Gasteiger partial charge on any atom is 0.244 e. The van der Waals surface area contributed by atoms with E-state index in [1.165, 1.54) is 12.1 Å². The lowest BCUT2D eigenvalue weighted by Crippen LogP contribution is -2.48. The minimum Gasteiger partial charge on any atom is -0.497 e. The first-order chi connectivity index (χ1) is 13.6. The highest BCUT2D eigenvalue weighted by molar-refractivity contribution is 5.91. The van der Waals surface area contributed by atoms with Crippen molar-refractivity contribution in [1.29, 1.82) is 0 Å². The molecular formula is C22H26FN3O2. The molecule has 0 bridgehead atoms. The van der Waals surface area contributed by atoms with E-state index < -0.39 is 0 Å². The van der Waals surface area contributed by atoms with Crippen LogP contribution in [0.2, 0.25) is 0 Å². The number of hydrogen-bond donors (Lipinski definition) is 1. The molecule has 0 aromatic heterocycles. The molecule has 0 radical (unpaired) electrons. The van der Waals surface area contributed by atoms with E-state index in [0.29, 0.717) is 6.54 Å². The van der Waals surface area contributed by atoms with Gasteiger partial charge in [0.2, 0.25) is 5.91 Å². The third-order valence-corrected chi connectivity index (χ3v) is 4.81. The normalized spacial score (nSPS) is 15.0. The third-order valence-electron chi connectivity index (χ3n) is 4.81. The largest absolute Gasteiger partial charge is 0.497 e. The zero-order chi connectivity index (χ0) is 19.8. The van der Waals surface area contributed by atoms with Crippen LogP contribution in [0.4, 0.5) is 10.1 Å². The van der Waals surface area contributed by atoms with Crippen LogP contribution in [0.5, 0.6) is 5.75 Å². The van der Waals surface area contributed by atoms with E-state index in [1.54, 1.807) is 19.3 Å². The van der Waals surface area contributed by atoms with Gasteiger partial charge in [-0.2, -0.15) is 0 Å². The quantitative estimate of drug-likeness (QED) is 0.747. The van der Waals surface area contributed by atoms with Crippen LogP contribution in [-0.4, -0.2) is 57.2 Å². The van der Waals surface area contributed by atoms with Crippen molar-refractivity contribution >= 4 is 17.7 Å². The minimum atomic E-state index is -0.210. The predicted molar refractivity (Wildman–Crippen MR) is 110 cm³/mol. The molecule has 0 spiro atoms. The number of hydrogen-bond acceptors (Lipinski definition) is 4. The number of benzene rings is 2. The van der Waals surface area contributed by atoms with Crippen LogP contribution in [-0.2, 0) is 4.79 Å². The molecule has 2 aromatic carbocycles. The van der Waals surface area contributed by atoms with Crippen molar-refractivity contribution in [3.05, 3.63) is 66.0 Å². The number of piperazine rings is 1. The van der Waals surface area contributed by atoms with E-state index in [1.807, 2.05) is 36.4 Å². The number of nitrogens with one attached hydrogen (secondary N) is 1. The first kappa shape index (κ1) is 19.9. The molecule has 0 aliphatic carbocycles. The molecule has 148 valence electrons. The van der Waals surface area contributed by atoms with Crippen molar-refractivity contribution in [2.75, 3.05) is 51.3 Å². The average Bonchev–Trinajstić information content (AvgIpc) is 2.73. The van der Waals surface area contributed by atoms with Gasteiger partial charge in [-0.25, -0.2) is 4.39 Å². The van der Waals surface area contributed by atoms with Gasteiger partial charge in [-0.3, -0.25) is 9.69 Å². The molecule has 0 saturated carbocycles. The number of ether oxygens (including phenoxy) is 1. The van der Waals surface area contributed by atoms with Gasteiger partial charge in [0.1, 0.15) is 11.6 Å². The molecule has 1 amide bonds. The summed E-state index contributed by atoms with van der Waals surface area (Å²) in [4.78, 5) is 16.6. The summed E-state index contributed by atoms with van der Waals surface area (Å²) in [6.07, 6.45) is 3.32. The van der Waals surface area contributed by atoms with E-state index in [0.717, 1.165) is 49.7 Å². The second-order valence-corrected chi connectivity index (χ2v) is 6.71. The molecule has 0 unspecified atom stereocenters. The highest BCUT2D eigenvalue weighted by atomic mass is 19.1. The van der Waals surface area contributed by atoms with E-state index in [9.17, 15) is 9.18 Å². The number of nitrogens with zero attached hydrogens (tertiary/aromatic N) is 2. The molecule has 1 fully saturated rings. The number of halogens is 1. The van der Waals surface area contributed by atoms with E-state index in [4.69, 9.17) is 4.74 Å². The van der Waals surface area contributed by atoms with Crippen molar-refractivity contribution in [1.82, 2.24) is 10.2 Å². The number of rotatable bonds is 7. The van der Waals surface area contributed by atoms with Gasteiger partial charge in [0.15, 0.2) is 0 Å². The first-order valence-corrected chi connectivity index (χ1v) is 9.47. The third kappa shape index (κ3) is 5.82. The van der Waals surface area contributed by atoms with Crippen LogP contribution in [0.15, 0.2) is 54.6 Å². The summed E-state index contributed by atoms with van der Waals surface area (Å²) in [6, 6.07) is 14.2. The van der Waals surface area contributed by atoms with Crippen LogP contribution in [0.3, 0.4) is 0 Å². The van der Waals surface area contributed by atoms with Crippen molar-refractivity contribution in [3.63, 3.8) is 0 Å². The molecule has 1 heterocycles. The number of anilines is 1. The van der Waals surface area contributed by atoms with Crippen LogP contribution >= 0.6 is 0 Å². The molecule has 5 nitrogen and oxygen atoms in total. The predicted octanol–water partition coefficient (Wildman–Crippen LogP) is 2.79. The summed E-state index contributed by atoms with van der Waals surface area (Å²) in [5.41, 5.74) is 1.98. The number of methoxy groups -OCH3 is 1. The smallest absolute Gasteiger partial charge is 0.244 e. The molecule has 3 rings (SSSR count). The lowest BCUT2D eigenvalue weighted by Gasteiger charge is -2.36. The number of carbonyl (C=O) groups is 1. The Morgan fingerprint density at radius 3 is 2.61 bits per heavy atom. The molecule has 6 heteroatoms. The lowest BCUT2D eigenvalue weighted by molar-refractivity contribution is -0.116. The second kappa shape index (κ2) is 9.90. The Balaban J connectivity index is 1.36. The Bertz CT molecular complexity index is 800. The Labute approximate surface area is 165 Å². The van der Waals surface area contributed by atoms with Crippen LogP contribution in [0.1, 0.15) is 5.56 Å². The van der Waals surface area contributed by atoms with Gasteiger partial charge in [-0.1, -0.05) is 12.1 Å². The van der Waals surface area contributed by atoms with Gasteiger partial charge in [-0.15, -0.1) is 0 Å². The van der Waals surface area contributed by atoms with Crippen LogP contribution < -0.4 is 15.0 Å². The minimum absolute atomic E-state index is 0.104. The van der Waals surface area contributed by atoms with Crippen molar-refractivity contribution < 1.29 is 13.9 Å². The molecule has 1 N–H and O–H groups in total. The summed E-state index contributed by atoms with van der Waals surface area (Å²) in [5.74, 6) is 0.452. The van der Waals surface area contributed by atoms with E-state index in [2.05, 4.69) is 15.1 Å². The average molecular weight is 383 g/mol. The van der Waals surface area contributed by atoms with Gasteiger partial charge in [-0.05, 0) is 48.0 Å². The summed E-state index contributed by atoms with van der Waals surface area (Å²) >= 11 is 0. The molecule has 2 aromatic rings.